The third kappa shape index (κ3) is 3.24. The van der Waals surface area contributed by atoms with E-state index in [1.54, 1.807) is 18.4 Å². The summed E-state index contributed by atoms with van der Waals surface area (Å²) >= 11 is 1.73. The first kappa shape index (κ1) is 17.2. The Morgan fingerprint density at radius 2 is 1.96 bits per heavy atom. The third-order valence-electron chi connectivity index (χ3n) is 4.96. The molecule has 1 atom stereocenters. The van der Waals surface area contributed by atoms with Gasteiger partial charge in [-0.05, 0) is 32.0 Å². The van der Waals surface area contributed by atoms with Gasteiger partial charge < -0.3 is 9.64 Å². The van der Waals surface area contributed by atoms with Crippen molar-refractivity contribution in [3.05, 3.63) is 40.6 Å². The molecule has 0 aliphatic carbocycles. The van der Waals surface area contributed by atoms with Gasteiger partial charge in [-0.2, -0.15) is 0 Å². The average Bonchev–Trinajstić information content (AvgIpc) is 3.21. The van der Waals surface area contributed by atoms with E-state index in [2.05, 4.69) is 26.7 Å². The van der Waals surface area contributed by atoms with Crippen LogP contribution < -0.4 is 9.64 Å². The summed E-state index contributed by atoms with van der Waals surface area (Å²) in [5.41, 5.74) is 0.965. The first-order valence-corrected chi connectivity index (χ1v) is 9.74. The largest absolute Gasteiger partial charge is 0.497 e. The molecule has 136 valence electrons. The summed E-state index contributed by atoms with van der Waals surface area (Å²) in [6.45, 7) is 8.07. The van der Waals surface area contributed by atoms with E-state index in [4.69, 9.17) is 9.72 Å². The number of piperazine rings is 1. The summed E-state index contributed by atoms with van der Waals surface area (Å²) in [6, 6.07) is 6.36. The number of anilines is 1. The number of benzene rings is 1. The number of thiazole rings is 1. The van der Waals surface area contributed by atoms with E-state index < -0.39 is 0 Å². The molecule has 6 nitrogen and oxygen atoms in total. The second-order valence-electron chi connectivity index (χ2n) is 6.55. The molecular weight excluding hydrogens is 346 g/mol. The Balaban J connectivity index is 1.57. The van der Waals surface area contributed by atoms with Crippen molar-refractivity contribution < 1.29 is 4.74 Å². The molecule has 0 radical (unpaired) electrons. The lowest BCUT2D eigenvalue weighted by atomic mass is 10.2. The van der Waals surface area contributed by atoms with E-state index in [0.717, 1.165) is 54.5 Å². The van der Waals surface area contributed by atoms with E-state index in [1.165, 1.54) is 5.01 Å². The first-order valence-electron chi connectivity index (χ1n) is 8.86. The zero-order valence-corrected chi connectivity index (χ0v) is 16.2. The minimum Gasteiger partial charge on any atom is -0.497 e. The number of ether oxygens (including phenoxy) is 1. The van der Waals surface area contributed by atoms with Gasteiger partial charge in [0, 0.05) is 43.1 Å². The third-order valence-corrected chi connectivity index (χ3v) is 5.91. The fraction of sp³-hybridized carbons (Fsp3) is 0.421. The SMILES string of the molecule is COc1ccc2nc(C)nc(N3CCN(C(C)c4nccs4)CC3)c2c1. The van der Waals surface area contributed by atoms with E-state index in [9.17, 15) is 0 Å². The molecule has 2 aromatic heterocycles. The highest BCUT2D eigenvalue weighted by Gasteiger charge is 2.25. The molecule has 26 heavy (non-hydrogen) atoms. The molecule has 3 heterocycles. The fourth-order valence-corrected chi connectivity index (χ4v) is 4.22. The van der Waals surface area contributed by atoms with Crippen molar-refractivity contribution in [2.45, 2.75) is 19.9 Å². The minimum absolute atomic E-state index is 0.362. The van der Waals surface area contributed by atoms with Crippen LogP contribution in [0, 0.1) is 6.92 Å². The van der Waals surface area contributed by atoms with Crippen molar-refractivity contribution in [1.82, 2.24) is 19.9 Å². The molecule has 1 unspecified atom stereocenters. The minimum atomic E-state index is 0.362. The molecule has 0 saturated carbocycles. The van der Waals surface area contributed by atoms with Crippen molar-refractivity contribution >= 4 is 28.1 Å². The Labute approximate surface area is 157 Å². The Hall–Kier alpha value is -2.25. The highest BCUT2D eigenvalue weighted by Crippen LogP contribution is 2.30. The van der Waals surface area contributed by atoms with Gasteiger partial charge in [0.1, 0.15) is 22.4 Å². The number of nitrogens with zero attached hydrogens (tertiary/aromatic N) is 5. The first-order chi connectivity index (χ1) is 12.7. The van der Waals surface area contributed by atoms with E-state index in [0.29, 0.717) is 6.04 Å². The van der Waals surface area contributed by atoms with Crippen LogP contribution in [-0.4, -0.2) is 53.1 Å². The molecule has 1 fully saturated rings. The van der Waals surface area contributed by atoms with Gasteiger partial charge in [0.2, 0.25) is 0 Å². The number of aromatic nitrogens is 3. The number of aryl methyl sites for hydroxylation is 1. The summed E-state index contributed by atoms with van der Waals surface area (Å²) < 4.78 is 5.40. The molecule has 4 rings (SSSR count). The van der Waals surface area contributed by atoms with Crippen LogP contribution in [0.25, 0.3) is 10.9 Å². The van der Waals surface area contributed by atoms with Crippen molar-refractivity contribution in [2.24, 2.45) is 0 Å². The van der Waals surface area contributed by atoms with Gasteiger partial charge in [-0.3, -0.25) is 4.90 Å². The van der Waals surface area contributed by atoms with Crippen LogP contribution in [0.15, 0.2) is 29.8 Å². The lowest BCUT2D eigenvalue weighted by Gasteiger charge is -2.38. The summed E-state index contributed by atoms with van der Waals surface area (Å²) in [5, 5.41) is 4.29. The second-order valence-corrected chi connectivity index (χ2v) is 7.47. The fourth-order valence-electron chi connectivity index (χ4n) is 3.49. The van der Waals surface area contributed by atoms with Crippen LogP contribution >= 0.6 is 11.3 Å². The predicted molar refractivity (Wildman–Crippen MR) is 105 cm³/mol. The summed E-state index contributed by atoms with van der Waals surface area (Å²) in [7, 11) is 1.69. The molecule has 0 N–H and O–H groups in total. The highest BCUT2D eigenvalue weighted by atomic mass is 32.1. The molecule has 0 bridgehead atoms. The van der Waals surface area contributed by atoms with Crippen molar-refractivity contribution in [3.8, 4) is 5.75 Å². The lowest BCUT2D eigenvalue weighted by Crippen LogP contribution is -2.47. The maximum absolute atomic E-state index is 5.40. The highest BCUT2D eigenvalue weighted by molar-refractivity contribution is 7.09. The maximum Gasteiger partial charge on any atom is 0.140 e. The van der Waals surface area contributed by atoms with Crippen LogP contribution in [0.2, 0.25) is 0 Å². The topological polar surface area (TPSA) is 54.4 Å². The molecule has 3 aromatic rings. The summed E-state index contributed by atoms with van der Waals surface area (Å²) in [6.07, 6.45) is 1.88. The molecule has 7 heteroatoms. The van der Waals surface area contributed by atoms with Crippen molar-refractivity contribution in [3.63, 3.8) is 0 Å². The van der Waals surface area contributed by atoms with Gasteiger partial charge in [-0.15, -0.1) is 11.3 Å². The molecule has 0 spiro atoms. The van der Waals surface area contributed by atoms with Gasteiger partial charge >= 0.3 is 0 Å². The van der Waals surface area contributed by atoms with Gasteiger partial charge in [0.05, 0.1) is 18.7 Å². The Morgan fingerprint density at radius 1 is 1.15 bits per heavy atom. The monoisotopic (exact) mass is 369 g/mol. The number of hydrogen-bond donors (Lipinski definition) is 0. The van der Waals surface area contributed by atoms with Crippen LogP contribution in [0.1, 0.15) is 23.8 Å². The summed E-state index contributed by atoms with van der Waals surface area (Å²) in [5.74, 6) is 2.64. The quantitative estimate of drug-likeness (QED) is 0.703. The predicted octanol–water partition coefficient (Wildman–Crippen LogP) is 3.29. The maximum atomic E-state index is 5.40. The Bertz CT molecular complexity index is 890. The number of fused-ring (bicyclic) bond motifs is 1. The van der Waals surface area contributed by atoms with Crippen LogP contribution in [0.3, 0.4) is 0 Å². The molecule has 1 saturated heterocycles. The zero-order chi connectivity index (χ0) is 18.1. The Kier molecular flexibility index (Phi) is 4.74. The van der Waals surface area contributed by atoms with E-state index in [-0.39, 0.29) is 0 Å². The van der Waals surface area contributed by atoms with Crippen molar-refractivity contribution in [2.75, 3.05) is 38.2 Å². The van der Waals surface area contributed by atoms with E-state index >= 15 is 0 Å². The standard InChI is InChI=1S/C19H23N5OS/c1-13(19-20-6-11-26-19)23-7-9-24(10-8-23)18-16-12-15(25-3)4-5-17(16)21-14(2)22-18/h4-6,11-13H,7-10H2,1-3H3. The van der Waals surface area contributed by atoms with Gasteiger partial charge in [-0.1, -0.05) is 0 Å². The van der Waals surface area contributed by atoms with Gasteiger partial charge in [0.25, 0.3) is 0 Å². The molecule has 0 amide bonds. The number of hydrogen-bond acceptors (Lipinski definition) is 7. The summed E-state index contributed by atoms with van der Waals surface area (Å²) in [4.78, 5) is 18.6. The van der Waals surface area contributed by atoms with Crippen LogP contribution in [0.5, 0.6) is 5.75 Å². The van der Waals surface area contributed by atoms with E-state index in [1.807, 2.05) is 36.7 Å². The van der Waals surface area contributed by atoms with Crippen molar-refractivity contribution in [1.29, 1.82) is 0 Å². The number of rotatable bonds is 4. The molecule has 1 aromatic carbocycles. The van der Waals surface area contributed by atoms with Crippen LogP contribution in [-0.2, 0) is 0 Å². The second kappa shape index (κ2) is 7.17. The Morgan fingerprint density at radius 3 is 2.65 bits per heavy atom. The number of methoxy groups -OCH3 is 1. The molecule has 1 aliphatic heterocycles. The van der Waals surface area contributed by atoms with Crippen LogP contribution in [0.4, 0.5) is 5.82 Å². The average molecular weight is 369 g/mol. The van der Waals surface area contributed by atoms with Gasteiger partial charge in [0.15, 0.2) is 0 Å². The van der Waals surface area contributed by atoms with Gasteiger partial charge in [-0.25, -0.2) is 15.0 Å². The lowest BCUT2D eigenvalue weighted by molar-refractivity contribution is 0.198. The normalized spacial score (nSPS) is 16.8. The zero-order valence-electron chi connectivity index (χ0n) is 15.3. The molecular formula is C19H23N5OS. The smallest absolute Gasteiger partial charge is 0.140 e. The molecule has 1 aliphatic rings.